The molecule has 8 heteroatoms. The van der Waals surface area contributed by atoms with Crippen molar-refractivity contribution in [3.63, 3.8) is 0 Å². The number of aliphatic hydroxyl groups excluding tert-OH is 1. The summed E-state index contributed by atoms with van der Waals surface area (Å²) in [5.74, 6) is -3.66. The van der Waals surface area contributed by atoms with Crippen molar-refractivity contribution in [1.82, 2.24) is 9.88 Å². The van der Waals surface area contributed by atoms with Crippen LogP contribution in [0.15, 0.2) is 54.4 Å². The van der Waals surface area contributed by atoms with Gasteiger partial charge in [0.05, 0.1) is 11.6 Å². The van der Waals surface area contributed by atoms with Gasteiger partial charge in [-0.15, -0.1) is 0 Å². The van der Waals surface area contributed by atoms with Crippen LogP contribution in [0.2, 0.25) is 0 Å². The van der Waals surface area contributed by atoms with E-state index < -0.39 is 35.3 Å². The minimum atomic E-state index is -1.01. The number of hydrogen-bond acceptors (Lipinski definition) is 5. The lowest BCUT2D eigenvalue weighted by molar-refractivity contribution is -0.140. The number of carbonyl (C=O) groups excluding carboxylic acids is 2. The minimum Gasteiger partial charge on any atom is -0.507 e. The van der Waals surface area contributed by atoms with Crippen LogP contribution >= 0.6 is 0 Å². The van der Waals surface area contributed by atoms with Gasteiger partial charge in [0.2, 0.25) is 0 Å². The van der Waals surface area contributed by atoms with Gasteiger partial charge in [-0.2, -0.15) is 0 Å². The fourth-order valence-corrected chi connectivity index (χ4v) is 3.16. The van der Waals surface area contributed by atoms with Crippen molar-refractivity contribution in [2.45, 2.75) is 18.9 Å². The molecule has 1 aliphatic rings. The number of amides is 1. The summed E-state index contributed by atoms with van der Waals surface area (Å²) in [4.78, 5) is 41.3. The number of hydrogen-bond donors (Lipinski definition) is 2. The van der Waals surface area contributed by atoms with Crippen LogP contribution in [0.25, 0.3) is 5.76 Å². The number of carbonyl (C=O) groups is 3. The van der Waals surface area contributed by atoms with Crippen LogP contribution in [-0.4, -0.2) is 44.3 Å². The number of aliphatic hydroxyl groups is 1. The number of likely N-dealkylation sites (tertiary alicyclic amines) is 1. The van der Waals surface area contributed by atoms with E-state index in [-0.39, 0.29) is 30.5 Å². The quantitative estimate of drug-likeness (QED) is 0.450. The fraction of sp³-hybridized carbons (Fsp3) is 0.200. The van der Waals surface area contributed by atoms with Gasteiger partial charge < -0.3 is 15.1 Å². The molecular weight excluding hydrogens is 367 g/mol. The minimum absolute atomic E-state index is 0.0244. The first-order valence-corrected chi connectivity index (χ1v) is 8.56. The topological polar surface area (TPSA) is 108 Å². The molecule has 1 aromatic carbocycles. The first kappa shape index (κ1) is 19.2. The van der Waals surface area contributed by atoms with Gasteiger partial charge in [-0.1, -0.05) is 6.07 Å². The molecule has 144 valence electrons. The molecule has 1 saturated heterocycles. The largest absolute Gasteiger partial charge is 0.507 e. The summed E-state index contributed by atoms with van der Waals surface area (Å²) in [5.41, 5.74) is 0.555. The van der Waals surface area contributed by atoms with E-state index in [1.54, 1.807) is 12.1 Å². The molecule has 2 N–H and O–H groups in total. The Balaban J connectivity index is 2.07. The van der Waals surface area contributed by atoms with Crippen LogP contribution < -0.4 is 0 Å². The third-order valence-electron chi connectivity index (χ3n) is 4.45. The van der Waals surface area contributed by atoms with E-state index in [1.165, 1.54) is 29.4 Å². The summed E-state index contributed by atoms with van der Waals surface area (Å²) in [6.07, 6.45) is 2.98. The molecule has 1 aromatic heterocycles. The Kier molecular flexibility index (Phi) is 5.49. The molecule has 1 aliphatic heterocycles. The Bertz CT molecular complexity index is 941. The van der Waals surface area contributed by atoms with Crippen molar-refractivity contribution in [2.75, 3.05) is 6.54 Å². The van der Waals surface area contributed by atoms with Crippen molar-refractivity contribution in [3.8, 4) is 0 Å². The van der Waals surface area contributed by atoms with Crippen LogP contribution in [0.4, 0.5) is 4.39 Å². The van der Waals surface area contributed by atoms with Crippen molar-refractivity contribution < 1.29 is 29.0 Å². The number of Topliss-reactive ketones (excluding diaryl/α,β-unsaturated/α-hetero) is 1. The second-order valence-electron chi connectivity index (χ2n) is 6.28. The Labute approximate surface area is 159 Å². The lowest BCUT2D eigenvalue weighted by Crippen LogP contribution is -2.31. The van der Waals surface area contributed by atoms with E-state index in [0.29, 0.717) is 5.56 Å². The highest BCUT2D eigenvalue weighted by molar-refractivity contribution is 6.46. The second-order valence-corrected chi connectivity index (χ2v) is 6.28. The fourth-order valence-electron chi connectivity index (χ4n) is 3.16. The Morgan fingerprint density at radius 3 is 2.46 bits per heavy atom. The summed E-state index contributed by atoms with van der Waals surface area (Å²) in [7, 11) is 0. The highest BCUT2D eigenvalue weighted by atomic mass is 19.1. The zero-order valence-electron chi connectivity index (χ0n) is 14.7. The molecule has 3 rings (SSSR count). The molecule has 0 saturated carbocycles. The molecule has 7 nitrogen and oxygen atoms in total. The third-order valence-corrected chi connectivity index (χ3v) is 4.45. The van der Waals surface area contributed by atoms with Crippen LogP contribution in [0, 0.1) is 5.82 Å². The molecule has 28 heavy (non-hydrogen) atoms. The molecule has 0 radical (unpaired) electrons. The van der Waals surface area contributed by atoms with Crippen LogP contribution in [0.3, 0.4) is 0 Å². The van der Waals surface area contributed by atoms with E-state index in [0.717, 1.165) is 12.1 Å². The van der Waals surface area contributed by atoms with E-state index in [9.17, 15) is 23.9 Å². The average Bonchev–Trinajstić information content (AvgIpc) is 2.93. The average molecular weight is 384 g/mol. The van der Waals surface area contributed by atoms with Crippen molar-refractivity contribution in [2.24, 2.45) is 0 Å². The lowest BCUT2D eigenvalue weighted by Gasteiger charge is -2.24. The zero-order valence-corrected chi connectivity index (χ0v) is 14.7. The van der Waals surface area contributed by atoms with Crippen molar-refractivity contribution >= 4 is 23.4 Å². The number of carboxylic acid groups (broad SMARTS) is 1. The predicted octanol–water partition coefficient (Wildman–Crippen LogP) is 2.51. The highest BCUT2D eigenvalue weighted by Crippen LogP contribution is 2.39. The lowest BCUT2D eigenvalue weighted by atomic mass is 9.96. The van der Waals surface area contributed by atoms with Gasteiger partial charge in [0.15, 0.2) is 0 Å². The maximum atomic E-state index is 13.2. The predicted molar refractivity (Wildman–Crippen MR) is 96.5 cm³/mol. The van der Waals surface area contributed by atoms with E-state index >= 15 is 0 Å². The number of rotatable bonds is 6. The van der Waals surface area contributed by atoms with E-state index in [4.69, 9.17) is 5.11 Å². The maximum Gasteiger partial charge on any atom is 0.303 e. The van der Waals surface area contributed by atoms with Crippen LogP contribution in [0.5, 0.6) is 0 Å². The molecule has 1 atom stereocenters. The molecule has 0 unspecified atom stereocenters. The van der Waals surface area contributed by atoms with Gasteiger partial charge >= 0.3 is 5.97 Å². The number of aromatic nitrogens is 1. The first-order chi connectivity index (χ1) is 13.4. The Hall–Kier alpha value is -3.55. The maximum absolute atomic E-state index is 13.2. The third kappa shape index (κ3) is 3.75. The second kappa shape index (κ2) is 7.99. The molecule has 1 fully saturated rings. The molecule has 0 aliphatic carbocycles. The van der Waals surface area contributed by atoms with Gasteiger partial charge in [-0.3, -0.25) is 19.4 Å². The molecular formula is C20H17FN2O5. The SMILES string of the molecule is O=C(O)CCCN1C(=O)C(=O)/C(=C(/O)c2ccc(F)cc2)[C@H]1c1cccnc1. The van der Waals surface area contributed by atoms with Crippen LogP contribution in [-0.2, 0) is 14.4 Å². The summed E-state index contributed by atoms with van der Waals surface area (Å²) >= 11 is 0. The first-order valence-electron chi connectivity index (χ1n) is 8.56. The van der Waals surface area contributed by atoms with Gasteiger partial charge in [-0.25, -0.2) is 4.39 Å². The number of pyridine rings is 1. The molecule has 2 heterocycles. The van der Waals surface area contributed by atoms with Crippen molar-refractivity contribution in [1.29, 1.82) is 0 Å². The summed E-state index contributed by atoms with van der Waals surface area (Å²) in [5, 5.41) is 19.5. The van der Waals surface area contributed by atoms with Gasteiger partial charge in [0, 0.05) is 30.9 Å². The Morgan fingerprint density at radius 1 is 1.14 bits per heavy atom. The number of carboxylic acids is 1. The standard InChI is InChI=1S/C20H17FN2O5/c21-14-7-5-12(6-8-14)18(26)16-17(13-3-1-9-22-11-13)23(20(28)19(16)27)10-2-4-15(24)25/h1,3,5-9,11,17,26H,2,4,10H2,(H,24,25)/b18-16+/t17-/m1/s1. The molecule has 0 spiro atoms. The number of ketones is 1. The molecule has 2 aromatic rings. The summed E-state index contributed by atoms with van der Waals surface area (Å²) < 4.78 is 13.2. The van der Waals surface area contributed by atoms with Crippen LogP contribution in [0.1, 0.15) is 30.0 Å². The van der Waals surface area contributed by atoms with Gasteiger partial charge in [0.25, 0.3) is 11.7 Å². The van der Waals surface area contributed by atoms with E-state index in [1.807, 2.05) is 0 Å². The van der Waals surface area contributed by atoms with E-state index in [2.05, 4.69) is 4.98 Å². The highest BCUT2D eigenvalue weighted by Gasteiger charge is 2.45. The summed E-state index contributed by atoms with van der Waals surface area (Å²) in [6, 6.07) is 7.27. The van der Waals surface area contributed by atoms with Gasteiger partial charge in [-0.05, 0) is 42.3 Å². The molecule has 0 bridgehead atoms. The monoisotopic (exact) mass is 384 g/mol. The number of aliphatic carboxylic acids is 1. The van der Waals surface area contributed by atoms with Crippen molar-refractivity contribution in [3.05, 3.63) is 71.3 Å². The smallest absolute Gasteiger partial charge is 0.303 e. The number of benzene rings is 1. The number of nitrogens with zero attached hydrogens (tertiary/aromatic N) is 2. The number of halogens is 1. The normalized spacial score (nSPS) is 18.5. The Morgan fingerprint density at radius 2 is 1.86 bits per heavy atom. The zero-order chi connectivity index (χ0) is 20.3. The summed E-state index contributed by atoms with van der Waals surface area (Å²) in [6.45, 7) is 0.0244. The molecule has 1 amide bonds. The van der Waals surface area contributed by atoms with Gasteiger partial charge in [0.1, 0.15) is 11.6 Å².